The zero-order valence-electron chi connectivity index (χ0n) is 13.0. The summed E-state index contributed by atoms with van der Waals surface area (Å²) in [6, 6.07) is 5.13. The van der Waals surface area contributed by atoms with E-state index in [0.717, 1.165) is 5.56 Å². The van der Waals surface area contributed by atoms with Gasteiger partial charge in [-0.2, -0.15) is 5.10 Å². The van der Waals surface area contributed by atoms with Gasteiger partial charge < -0.3 is 10.7 Å². The van der Waals surface area contributed by atoms with E-state index in [1.807, 2.05) is 0 Å². The van der Waals surface area contributed by atoms with Crippen LogP contribution in [0, 0.1) is 6.92 Å². The highest BCUT2D eigenvalue weighted by atomic mass is 35.5. The molecule has 0 aliphatic rings. The molecule has 1 amide bonds. The third-order valence-corrected chi connectivity index (χ3v) is 4.50. The molecule has 3 N–H and O–H groups in total. The Morgan fingerprint density at radius 2 is 2.08 bits per heavy atom. The van der Waals surface area contributed by atoms with Gasteiger partial charge >= 0.3 is 0 Å². The number of halogens is 2. The number of carbonyl (C=O) groups excluding carboxylic acids is 1. The van der Waals surface area contributed by atoms with E-state index in [4.69, 9.17) is 28.9 Å². The van der Waals surface area contributed by atoms with E-state index in [1.54, 1.807) is 32.2 Å². The van der Waals surface area contributed by atoms with Crippen LogP contribution in [-0.4, -0.2) is 20.7 Å². The van der Waals surface area contributed by atoms with Gasteiger partial charge in [-0.05, 0) is 24.6 Å². The summed E-state index contributed by atoms with van der Waals surface area (Å²) in [4.78, 5) is 27.5. The summed E-state index contributed by atoms with van der Waals surface area (Å²) in [5.41, 5.74) is 7.75. The Hall–Kier alpha value is -2.31. The minimum atomic E-state index is -0.649. The van der Waals surface area contributed by atoms with E-state index < -0.39 is 5.91 Å². The predicted octanol–water partition coefficient (Wildman–Crippen LogP) is 2.57. The molecular formula is C16H14Cl2N4O2. The monoisotopic (exact) mass is 364 g/mol. The Morgan fingerprint density at radius 1 is 1.38 bits per heavy atom. The number of nitrogens with zero attached hydrogens (tertiary/aromatic N) is 2. The van der Waals surface area contributed by atoms with E-state index in [0.29, 0.717) is 33.2 Å². The van der Waals surface area contributed by atoms with E-state index >= 15 is 0 Å². The average molecular weight is 365 g/mol. The molecule has 0 saturated heterocycles. The van der Waals surface area contributed by atoms with E-state index in [9.17, 15) is 9.59 Å². The molecule has 3 rings (SSSR count). The Labute approximate surface area is 147 Å². The average Bonchev–Trinajstić information content (AvgIpc) is 2.82. The molecule has 2 aromatic heterocycles. The number of carbonyl (C=O) groups is 1. The summed E-state index contributed by atoms with van der Waals surface area (Å²) in [5, 5.41) is 5.15. The molecule has 2 heterocycles. The second-order valence-corrected chi connectivity index (χ2v) is 6.37. The van der Waals surface area contributed by atoms with Gasteiger partial charge in [-0.15, -0.1) is 0 Å². The lowest BCUT2D eigenvalue weighted by molar-refractivity contribution is 0.0993. The number of primary amides is 1. The van der Waals surface area contributed by atoms with Gasteiger partial charge in [0.1, 0.15) is 11.2 Å². The molecule has 0 aliphatic carbocycles. The highest BCUT2D eigenvalue weighted by Crippen LogP contribution is 2.24. The summed E-state index contributed by atoms with van der Waals surface area (Å²) in [6.45, 7) is 1.76. The van der Waals surface area contributed by atoms with Gasteiger partial charge in [-0.3, -0.25) is 14.3 Å². The summed E-state index contributed by atoms with van der Waals surface area (Å²) in [7, 11) is 1.57. The van der Waals surface area contributed by atoms with Crippen molar-refractivity contribution < 1.29 is 4.79 Å². The zero-order chi connectivity index (χ0) is 17.6. The molecule has 3 aromatic rings. The van der Waals surface area contributed by atoms with Crippen molar-refractivity contribution in [3.05, 3.63) is 61.0 Å². The molecule has 8 heteroatoms. The molecule has 0 spiro atoms. The van der Waals surface area contributed by atoms with Crippen molar-refractivity contribution in [2.75, 3.05) is 0 Å². The van der Waals surface area contributed by atoms with Crippen LogP contribution in [0.2, 0.25) is 10.0 Å². The van der Waals surface area contributed by atoms with Crippen molar-refractivity contribution in [2.24, 2.45) is 12.8 Å². The Kier molecular flexibility index (Phi) is 4.11. The number of nitrogens with two attached hydrogens (primary N) is 1. The topological polar surface area (TPSA) is 93.8 Å². The number of H-pyrrole nitrogens is 1. The molecule has 0 fully saturated rings. The van der Waals surface area contributed by atoms with Gasteiger partial charge in [0.15, 0.2) is 5.52 Å². The van der Waals surface area contributed by atoms with Crippen LogP contribution in [0.5, 0.6) is 0 Å². The Bertz CT molecular complexity index is 1040. The molecule has 1 aromatic carbocycles. The first-order valence-corrected chi connectivity index (χ1v) is 7.87. The molecule has 6 nitrogen and oxygen atoms in total. The molecule has 124 valence electrons. The lowest BCUT2D eigenvalue weighted by Crippen LogP contribution is -2.17. The maximum Gasteiger partial charge on any atom is 0.269 e. The first-order chi connectivity index (χ1) is 11.3. The minimum absolute atomic E-state index is 0.168. The number of hydrogen-bond donors (Lipinski definition) is 2. The Morgan fingerprint density at radius 3 is 2.71 bits per heavy atom. The largest absolute Gasteiger partial charge is 0.364 e. The number of nitrogens with one attached hydrogen (secondary N) is 1. The number of pyridine rings is 1. The quantitative estimate of drug-likeness (QED) is 0.747. The van der Waals surface area contributed by atoms with Gasteiger partial charge in [0.05, 0.1) is 0 Å². The number of benzene rings is 1. The lowest BCUT2D eigenvalue weighted by Gasteiger charge is -2.08. The first-order valence-electron chi connectivity index (χ1n) is 7.11. The summed E-state index contributed by atoms with van der Waals surface area (Å²) in [6.07, 6.45) is 0.329. The van der Waals surface area contributed by atoms with E-state index in [1.165, 1.54) is 4.68 Å². The number of fused-ring (bicyclic) bond motifs is 1. The highest BCUT2D eigenvalue weighted by molar-refractivity contribution is 6.35. The maximum atomic E-state index is 12.8. The van der Waals surface area contributed by atoms with Crippen molar-refractivity contribution in [3.63, 3.8) is 0 Å². The number of aromatic amines is 1. The van der Waals surface area contributed by atoms with E-state index in [-0.39, 0.29) is 16.6 Å². The smallest absolute Gasteiger partial charge is 0.269 e. The molecular weight excluding hydrogens is 351 g/mol. The van der Waals surface area contributed by atoms with Crippen molar-refractivity contribution >= 4 is 40.1 Å². The number of amides is 1. The van der Waals surface area contributed by atoms with E-state index in [2.05, 4.69) is 10.1 Å². The van der Waals surface area contributed by atoms with Crippen LogP contribution in [0.3, 0.4) is 0 Å². The fraction of sp³-hybridized carbons (Fsp3) is 0.188. The van der Waals surface area contributed by atoms with Gasteiger partial charge in [-0.1, -0.05) is 29.3 Å². The van der Waals surface area contributed by atoms with Crippen molar-refractivity contribution in [3.8, 4) is 0 Å². The van der Waals surface area contributed by atoms with Crippen LogP contribution >= 0.6 is 23.2 Å². The third kappa shape index (κ3) is 2.68. The van der Waals surface area contributed by atoms with Crippen LogP contribution in [0.1, 0.15) is 27.3 Å². The third-order valence-electron chi connectivity index (χ3n) is 3.92. The highest BCUT2D eigenvalue weighted by Gasteiger charge is 2.20. The number of aryl methyl sites for hydroxylation is 2. The minimum Gasteiger partial charge on any atom is -0.364 e. The maximum absolute atomic E-state index is 12.8. The molecule has 0 radical (unpaired) electrons. The van der Waals surface area contributed by atoms with Crippen molar-refractivity contribution in [1.29, 1.82) is 0 Å². The SMILES string of the molecule is Cc1[nH]c2c(C(N)=O)n(C)nc2c(=O)c1Cc1ccc(Cl)cc1Cl. The van der Waals surface area contributed by atoms with Crippen LogP contribution in [0.15, 0.2) is 23.0 Å². The van der Waals surface area contributed by atoms with Gasteiger partial charge in [-0.25, -0.2) is 0 Å². The second-order valence-electron chi connectivity index (χ2n) is 5.53. The summed E-state index contributed by atoms with van der Waals surface area (Å²) in [5.74, 6) is -0.649. The normalized spacial score (nSPS) is 11.2. The number of aromatic nitrogens is 3. The number of rotatable bonds is 3. The van der Waals surface area contributed by atoms with Gasteiger partial charge in [0, 0.05) is 34.8 Å². The van der Waals surface area contributed by atoms with Crippen LogP contribution < -0.4 is 11.2 Å². The lowest BCUT2D eigenvalue weighted by atomic mass is 10.0. The molecule has 24 heavy (non-hydrogen) atoms. The van der Waals surface area contributed by atoms with Crippen LogP contribution in [0.4, 0.5) is 0 Å². The molecule has 0 atom stereocenters. The molecule has 0 unspecified atom stereocenters. The van der Waals surface area contributed by atoms with Gasteiger partial charge in [0.25, 0.3) is 5.91 Å². The fourth-order valence-corrected chi connectivity index (χ4v) is 3.20. The summed E-state index contributed by atoms with van der Waals surface area (Å²) >= 11 is 12.1. The van der Waals surface area contributed by atoms with Crippen LogP contribution in [-0.2, 0) is 13.5 Å². The molecule has 0 bridgehead atoms. The molecule has 0 aliphatic heterocycles. The number of hydrogen-bond acceptors (Lipinski definition) is 3. The summed E-state index contributed by atoms with van der Waals surface area (Å²) < 4.78 is 1.31. The molecule has 0 saturated carbocycles. The second kappa shape index (κ2) is 5.96. The Balaban J connectivity index is 2.19. The zero-order valence-corrected chi connectivity index (χ0v) is 14.5. The van der Waals surface area contributed by atoms with Crippen molar-refractivity contribution in [2.45, 2.75) is 13.3 Å². The van der Waals surface area contributed by atoms with Gasteiger partial charge in [0.2, 0.25) is 5.43 Å². The van der Waals surface area contributed by atoms with Crippen molar-refractivity contribution in [1.82, 2.24) is 14.8 Å². The predicted molar refractivity (Wildman–Crippen MR) is 93.9 cm³/mol. The first kappa shape index (κ1) is 16.5. The van der Waals surface area contributed by atoms with Crippen LogP contribution in [0.25, 0.3) is 11.0 Å². The fourth-order valence-electron chi connectivity index (χ4n) is 2.73. The standard InChI is InChI=1S/C16H14Cl2N4O2/c1-7-10(5-8-3-4-9(17)6-11(8)18)15(23)13-12(20-7)14(16(19)24)22(2)21-13/h3-4,6,20H,5H2,1-2H3,(H2,19,24).